The van der Waals surface area contributed by atoms with Crippen molar-refractivity contribution in [1.29, 1.82) is 0 Å². The Morgan fingerprint density at radius 2 is 1.71 bits per heavy atom. The van der Waals surface area contributed by atoms with E-state index in [0.29, 0.717) is 30.8 Å². The Labute approximate surface area is 221 Å². The fraction of sp³-hybridized carbons (Fsp3) is 0.480. The standard InChI is InChI=1S/C25H32N6O6S/c1-25(2,3)37-24(32)30-13-9-12-18(14-30)38(33,34)15-19-28-29-21(17-10-7-6-8-11-17)31(19)20-22(35-4)26-16-27-23(20)36-5/h6-8,10-11,16,18H,9,12-15H2,1-5H3/t18-/m1/s1. The van der Waals surface area contributed by atoms with Gasteiger partial charge in [-0.2, -0.15) is 9.97 Å². The molecule has 4 rings (SSSR count). The summed E-state index contributed by atoms with van der Waals surface area (Å²) in [6, 6.07) is 9.21. The van der Waals surface area contributed by atoms with E-state index < -0.39 is 32.5 Å². The fourth-order valence-corrected chi connectivity index (χ4v) is 5.99. The number of carbonyl (C=O) groups is 1. The minimum atomic E-state index is -3.78. The van der Waals surface area contributed by atoms with Gasteiger partial charge in [-0.15, -0.1) is 10.2 Å². The van der Waals surface area contributed by atoms with Crippen molar-refractivity contribution in [2.75, 3.05) is 27.3 Å². The summed E-state index contributed by atoms with van der Waals surface area (Å²) >= 11 is 0. The van der Waals surface area contributed by atoms with Crippen molar-refractivity contribution in [3.05, 3.63) is 42.5 Å². The highest BCUT2D eigenvalue weighted by molar-refractivity contribution is 7.91. The van der Waals surface area contributed by atoms with Gasteiger partial charge in [0.1, 0.15) is 17.7 Å². The largest absolute Gasteiger partial charge is 0.479 e. The van der Waals surface area contributed by atoms with Crippen LogP contribution in [-0.2, 0) is 20.3 Å². The van der Waals surface area contributed by atoms with Crippen LogP contribution in [-0.4, -0.2) is 82.3 Å². The summed E-state index contributed by atoms with van der Waals surface area (Å²) in [4.78, 5) is 22.4. The number of methoxy groups -OCH3 is 2. The van der Waals surface area contributed by atoms with E-state index in [2.05, 4.69) is 20.2 Å². The van der Waals surface area contributed by atoms with Crippen molar-refractivity contribution >= 4 is 15.9 Å². The summed E-state index contributed by atoms with van der Waals surface area (Å²) in [5, 5.41) is 7.80. The van der Waals surface area contributed by atoms with Gasteiger partial charge >= 0.3 is 6.09 Å². The summed E-state index contributed by atoms with van der Waals surface area (Å²) in [6.45, 7) is 5.80. The number of hydrogen-bond acceptors (Lipinski definition) is 10. The van der Waals surface area contributed by atoms with Gasteiger partial charge in [0, 0.05) is 18.7 Å². The Balaban J connectivity index is 1.73. The van der Waals surface area contributed by atoms with Crippen LogP contribution in [0.3, 0.4) is 0 Å². The van der Waals surface area contributed by atoms with Crippen molar-refractivity contribution in [3.8, 4) is 28.8 Å². The van der Waals surface area contributed by atoms with Gasteiger partial charge < -0.3 is 19.1 Å². The number of amides is 1. The van der Waals surface area contributed by atoms with Gasteiger partial charge in [0.05, 0.1) is 19.5 Å². The zero-order valence-corrected chi connectivity index (χ0v) is 22.9. The van der Waals surface area contributed by atoms with E-state index in [1.807, 2.05) is 30.3 Å². The van der Waals surface area contributed by atoms with Crippen LogP contribution in [0.15, 0.2) is 36.7 Å². The maximum absolute atomic E-state index is 13.7. The molecule has 0 spiro atoms. The van der Waals surface area contributed by atoms with E-state index in [9.17, 15) is 13.2 Å². The quantitative estimate of drug-likeness (QED) is 0.436. The Kier molecular flexibility index (Phi) is 7.86. The summed E-state index contributed by atoms with van der Waals surface area (Å²) in [6.07, 6.45) is 1.72. The third-order valence-corrected chi connectivity index (χ3v) is 8.06. The molecule has 0 radical (unpaired) electrons. The van der Waals surface area contributed by atoms with Gasteiger partial charge in [0.15, 0.2) is 27.2 Å². The number of likely N-dealkylation sites (tertiary alicyclic amines) is 1. The number of sulfone groups is 1. The van der Waals surface area contributed by atoms with Crippen LogP contribution in [0.4, 0.5) is 4.79 Å². The van der Waals surface area contributed by atoms with E-state index in [0.717, 1.165) is 0 Å². The molecule has 12 nitrogen and oxygen atoms in total. The van der Waals surface area contributed by atoms with Crippen molar-refractivity contribution in [2.24, 2.45) is 0 Å². The predicted octanol–water partition coefficient (Wildman–Crippen LogP) is 3.06. The van der Waals surface area contributed by atoms with Crippen molar-refractivity contribution in [2.45, 2.75) is 50.2 Å². The first kappa shape index (κ1) is 27.3. The first-order valence-corrected chi connectivity index (χ1v) is 13.9. The molecule has 0 aliphatic carbocycles. The van der Waals surface area contributed by atoms with Gasteiger partial charge in [-0.05, 0) is 33.6 Å². The zero-order valence-electron chi connectivity index (χ0n) is 22.1. The summed E-state index contributed by atoms with van der Waals surface area (Å²) < 4.78 is 45.3. The average Bonchev–Trinajstić information content (AvgIpc) is 3.29. The molecule has 1 aromatic carbocycles. The van der Waals surface area contributed by atoms with Gasteiger partial charge in [-0.25, -0.2) is 13.2 Å². The first-order valence-electron chi connectivity index (χ1n) is 12.2. The van der Waals surface area contributed by atoms with Crippen molar-refractivity contribution < 1.29 is 27.4 Å². The number of hydrogen-bond donors (Lipinski definition) is 0. The highest BCUT2D eigenvalue weighted by Crippen LogP contribution is 2.34. The van der Waals surface area contributed by atoms with Crippen LogP contribution in [0, 0.1) is 0 Å². The van der Waals surface area contributed by atoms with Crippen LogP contribution in [0.2, 0.25) is 0 Å². The summed E-state index contributed by atoms with van der Waals surface area (Å²) in [5.41, 5.74) is 0.305. The van der Waals surface area contributed by atoms with Crippen LogP contribution in [0.5, 0.6) is 11.8 Å². The molecule has 0 saturated carbocycles. The lowest BCUT2D eigenvalue weighted by Crippen LogP contribution is -2.47. The number of nitrogens with zero attached hydrogens (tertiary/aromatic N) is 6. The van der Waals surface area contributed by atoms with Gasteiger partial charge in [0.2, 0.25) is 11.8 Å². The number of carbonyl (C=O) groups excluding carboxylic acids is 1. The molecule has 1 atom stereocenters. The lowest BCUT2D eigenvalue weighted by molar-refractivity contribution is 0.0219. The smallest absolute Gasteiger partial charge is 0.410 e. The molecular formula is C25H32N6O6S. The number of rotatable bonds is 7. The number of aromatic nitrogens is 5. The van der Waals surface area contributed by atoms with E-state index in [1.165, 1.54) is 25.4 Å². The lowest BCUT2D eigenvalue weighted by atomic mass is 10.1. The van der Waals surface area contributed by atoms with Crippen LogP contribution < -0.4 is 9.47 Å². The third kappa shape index (κ3) is 5.87. The maximum Gasteiger partial charge on any atom is 0.410 e. The third-order valence-electron chi connectivity index (χ3n) is 6.00. The average molecular weight is 545 g/mol. The molecule has 0 N–H and O–H groups in total. The summed E-state index contributed by atoms with van der Waals surface area (Å²) in [7, 11) is -0.888. The molecule has 1 aliphatic rings. The van der Waals surface area contributed by atoms with Gasteiger partial charge in [-0.3, -0.25) is 4.57 Å². The second-order valence-electron chi connectivity index (χ2n) is 9.88. The second-order valence-corrected chi connectivity index (χ2v) is 12.2. The summed E-state index contributed by atoms with van der Waals surface area (Å²) in [5.74, 6) is 0.425. The molecule has 38 heavy (non-hydrogen) atoms. The topological polar surface area (TPSA) is 139 Å². The SMILES string of the molecule is COc1ncnc(OC)c1-n1c(CS(=O)(=O)[C@@H]2CCCN(C(=O)OC(C)(C)C)C2)nnc1-c1ccccc1. The van der Waals surface area contributed by atoms with E-state index in [1.54, 1.807) is 25.3 Å². The molecule has 1 fully saturated rings. The minimum Gasteiger partial charge on any atom is -0.479 e. The van der Waals surface area contributed by atoms with Crippen molar-refractivity contribution in [3.63, 3.8) is 0 Å². The Hall–Kier alpha value is -3.74. The molecule has 3 heterocycles. The second kappa shape index (κ2) is 10.9. The molecule has 1 aliphatic heterocycles. The number of piperidine rings is 1. The molecule has 204 valence electrons. The fourth-order valence-electron chi connectivity index (χ4n) is 4.28. The number of benzene rings is 1. The maximum atomic E-state index is 13.7. The van der Waals surface area contributed by atoms with Crippen LogP contribution in [0.1, 0.15) is 39.4 Å². The highest BCUT2D eigenvalue weighted by atomic mass is 32.2. The van der Waals surface area contributed by atoms with Gasteiger partial charge in [-0.1, -0.05) is 30.3 Å². The first-order chi connectivity index (χ1) is 18.0. The zero-order chi connectivity index (χ0) is 27.5. The molecule has 0 bridgehead atoms. The Morgan fingerprint density at radius 1 is 1.05 bits per heavy atom. The minimum absolute atomic E-state index is 0.0397. The molecular weight excluding hydrogens is 512 g/mol. The molecule has 13 heteroatoms. The Bertz CT molecular complexity index is 1360. The molecule has 1 amide bonds. The van der Waals surface area contributed by atoms with Crippen molar-refractivity contribution in [1.82, 2.24) is 29.6 Å². The molecule has 1 saturated heterocycles. The lowest BCUT2D eigenvalue weighted by Gasteiger charge is -2.33. The number of ether oxygens (including phenoxy) is 3. The Morgan fingerprint density at radius 3 is 2.32 bits per heavy atom. The monoisotopic (exact) mass is 544 g/mol. The van der Waals surface area contributed by atoms with E-state index in [-0.39, 0.29) is 29.8 Å². The molecule has 2 aromatic heterocycles. The van der Waals surface area contributed by atoms with Crippen LogP contribution >= 0.6 is 0 Å². The molecule has 0 unspecified atom stereocenters. The normalized spacial score (nSPS) is 16.2. The predicted molar refractivity (Wildman–Crippen MR) is 139 cm³/mol. The van der Waals surface area contributed by atoms with E-state index in [4.69, 9.17) is 14.2 Å². The van der Waals surface area contributed by atoms with Gasteiger partial charge in [0.25, 0.3) is 0 Å². The highest BCUT2D eigenvalue weighted by Gasteiger charge is 2.36. The molecule has 3 aromatic rings. The van der Waals surface area contributed by atoms with E-state index >= 15 is 0 Å². The van der Waals surface area contributed by atoms with Crippen LogP contribution in [0.25, 0.3) is 17.1 Å².